The number of likely N-dealkylation sites (tertiary alicyclic amines) is 1. The lowest BCUT2D eigenvalue weighted by atomic mass is 10.0. The van der Waals surface area contributed by atoms with Crippen LogP contribution in [-0.4, -0.2) is 41.3 Å². The number of amides is 1. The van der Waals surface area contributed by atoms with Gasteiger partial charge in [0.25, 0.3) is 0 Å². The number of carbonyl (C=O) groups excluding carboxylic acids is 2. The highest BCUT2D eigenvalue weighted by Crippen LogP contribution is 2.19. The van der Waals surface area contributed by atoms with Gasteiger partial charge in [-0.1, -0.05) is 0 Å². The first kappa shape index (κ1) is 17.5. The van der Waals surface area contributed by atoms with Crippen molar-refractivity contribution >= 4 is 12.1 Å². The van der Waals surface area contributed by atoms with E-state index in [1.54, 1.807) is 4.90 Å². The summed E-state index contributed by atoms with van der Waals surface area (Å²) in [4.78, 5) is 25.5. The van der Waals surface area contributed by atoms with Gasteiger partial charge in [0.2, 0.25) is 0 Å². The van der Waals surface area contributed by atoms with Gasteiger partial charge in [-0.15, -0.1) is 0 Å². The lowest BCUT2D eigenvalue weighted by Gasteiger charge is -2.31. The van der Waals surface area contributed by atoms with Crippen LogP contribution in [0.2, 0.25) is 0 Å². The van der Waals surface area contributed by atoms with E-state index in [9.17, 15) is 9.59 Å². The van der Waals surface area contributed by atoms with E-state index < -0.39 is 11.2 Å². The number of carbonyl (C=O) groups is 2. The fourth-order valence-corrected chi connectivity index (χ4v) is 2.00. The van der Waals surface area contributed by atoms with Crippen molar-refractivity contribution in [3.63, 3.8) is 0 Å². The molecule has 1 heterocycles. The van der Waals surface area contributed by atoms with Crippen LogP contribution in [0.5, 0.6) is 0 Å². The highest BCUT2D eigenvalue weighted by molar-refractivity contribution is 5.83. The van der Waals surface area contributed by atoms with E-state index in [0.717, 1.165) is 18.4 Å². The molecule has 1 saturated heterocycles. The second kappa shape index (κ2) is 6.50. The van der Waals surface area contributed by atoms with Gasteiger partial charge >= 0.3 is 12.1 Å². The molecular weight excluding hydrogens is 270 g/mol. The van der Waals surface area contributed by atoms with Crippen molar-refractivity contribution in [2.45, 2.75) is 65.6 Å². The summed E-state index contributed by atoms with van der Waals surface area (Å²) < 4.78 is 10.6. The molecular formula is C16H27NO4. The maximum Gasteiger partial charge on any atom is 0.410 e. The van der Waals surface area contributed by atoms with E-state index in [2.05, 4.69) is 0 Å². The Morgan fingerprint density at radius 1 is 1.05 bits per heavy atom. The van der Waals surface area contributed by atoms with Crippen molar-refractivity contribution in [2.75, 3.05) is 13.1 Å². The predicted octanol–water partition coefficient (Wildman–Crippen LogP) is 3.29. The quantitative estimate of drug-likeness (QED) is 0.550. The molecule has 0 atom stereocenters. The molecule has 0 unspecified atom stereocenters. The lowest BCUT2D eigenvalue weighted by molar-refractivity contribution is -0.148. The van der Waals surface area contributed by atoms with Gasteiger partial charge in [0.15, 0.2) is 0 Å². The first-order valence-electron chi connectivity index (χ1n) is 7.37. The SMILES string of the molecule is CC(C)(C)OC(=O)/C=C1\CCCN(C(=O)OC(C)(C)C)C1. The van der Waals surface area contributed by atoms with E-state index >= 15 is 0 Å². The molecule has 5 heteroatoms. The topological polar surface area (TPSA) is 55.8 Å². The third-order valence-corrected chi connectivity index (χ3v) is 2.70. The lowest BCUT2D eigenvalue weighted by Crippen LogP contribution is -2.40. The first-order chi connectivity index (χ1) is 9.46. The molecule has 0 N–H and O–H groups in total. The molecule has 120 valence electrons. The third kappa shape index (κ3) is 7.16. The van der Waals surface area contributed by atoms with Crippen LogP contribution in [0.3, 0.4) is 0 Å². The highest BCUT2D eigenvalue weighted by atomic mass is 16.6. The van der Waals surface area contributed by atoms with Crippen LogP contribution in [-0.2, 0) is 14.3 Å². The largest absolute Gasteiger partial charge is 0.457 e. The molecule has 1 rings (SSSR count). The Kier molecular flexibility index (Phi) is 5.42. The normalized spacial score (nSPS) is 18.6. The zero-order valence-corrected chi connectivity index (χ0v) is 14.0. The molecule has 0 aromatic carbocycles. The second-order valence-corrected chi connectivity index (χ2v) is 7.34. The van der Waals surface area contributed by atoms with Gasteiger partial charge in [-0.2, -0.15) is 0 Å². The molecule has 0 aromatic heterocycles. The Morgan fingerprint density at radius 3 is 2.14 bits per heavy atom. The van der Waals surface area contributed by atoms with E-state index in [1.807, 2.05) is 41.5 Å². The molecule has 0 aromatic rings. The molecule has 1 aliphatic heterocycles. The summed E-state index contributed by atoms with van der Waals surface area (Å²) >= 11 is 0. The summed E-state index contributed by atoms with van der Waals surface area (Å²) in [6, 6.07) is 0. The molecule has 21 heavy (non-hydrogen) atoms. The molecule has 5 nitrogen and oxygen atoms in total. The molecule has 0 bridgehead atoms. The first-order valence-corrected chi connectivity index (χ1v) is 7.37. The summed E-state index contributed by atoms with van der Waals surface area (Å²) in [7, 11) is 0. The van der Waals surface area contributed by atoms with Crippen LogP contribution >= 0.6 is 0 Å². The summed E-state index contributed by atoms with van der Waals surface area (Å²) in [5.74, 6) is -0.358. The van der Waals surface area contributed by atoms with Crippen LogP contribution in [0.15, 0.2) is 11.6 Å². The minimum absolute atomic E-state index is 0.336. The molecule has 0 aliphatic carbocycles. The van der Waals surface area contributed by atoms with Gasteiger partial charge in [0, 0.05) is 19.2 Å². The predicted molar refractivity (Wildman–Crippen MR) is 81.0 cm³/mol. The molecule has 0 radical (unpaired) electrons. The molecule has 0 spiro atoms. The molecule has 1 aliphatic rings. The van der Waals surface area contributed by atoms with Gasteiger partial charge in [-0.25, -0.2) is 9.59 Å². The Bertz CT molecular complexity index is 427. The number of hydrogen-bond donors (Lipinski definition) is 0. The maximum absolute atomic E-state index is 12.0. The van der Waals surface area contributed by atoms with Crippen molar-refractivity contribution in [3.8, 4) is 0 Å². The molecule has 0 saturated carbocycles. The Labute approximate surface area is 127 Å². The van der Waals surface area contributed by atoms with Gasteiger partial charge in [-0.05, 0) is 60.0 Å². The minimum atomic E-state index is -0.510. The van der Waals surface area contributed by atoms with Crippen molar-refractivity contribution in [3.05, 3.63) is 11.6 Å². The smallest absolute Gasteiger partial charge is 0.410 e. The minimum Gasteiger partial charge on any atom is -0.457 e. The second-order valence-electron chi connectivity index (χ2n) is 7.34. The average Bonchev–Trinajstić information content (AvgIpc) is 2.24. The Balaban J connectivity index is 2.63. The highest BCUT2D eigenvalue weighted by Gasteiger charge is 2.25. The summed E-state index contributed by atoms with van der Waals surface area (Å²) in [6.07, 6.45) is 2.80. The van der Waals surface area contributed by atoms with Gasteiger partial charge < -0.3 is 14.4 Å². The summed E-state index contributed by atoms with van der Waals surface area (Å²) in [5.41, 5.74) is -0.113. The average molecular weight is 297 g/mol. The molecule has 1 amide bonds. The van der Waals surface area contributed by atoms with E-state index in [1.165, 1.54) is 6.08 Å². The third-order valence-electron chi connectivity index (χ3n) is 2.70. The zero-order valence-electron chi connectivity index (χ0n) is 14.0. The Morgan fingerprint density at radius 2 is 1.62 bits per heavy atom. The van der Waals surface area contributed by atoms with Crippen molar-refractivity contribution < 1.29 is 19.1 Å². The van der Waals surface area contributed by atoms with Gasteiger partial charge in [0.05, 0.1) is 0 Å². The number of rotatable bonds is 1. The monoisotopic (exact) mass is 297 g/mol. The van der Waals surface area contributed by atoms with E-state index in [4.69, 9.17) is 9.47 Å². The van der Waals surface area contributed by atoms with Crippen LogP contribution in [0.4, 0.5) is 4.79 Å². The van der Waals surface area contributed by atoms with Gasteiger partial charge in [-0.3, -0.25) is 0 Å². The summed E-state index contributed by atoms with van der Waals surface area (Å²) in [5, 5.41) is 0. The van der Waals surface area contributed by atoms with Crippen LogP contribution in [0, 0.1) is 0 Å². The maximum atomic E-state index is 12.0. The van der Waals surface area contributed by atoms with Crippen molar-refractivity contribution in [1.82, 2.24) is 4.90 Å². The van der Waals surface area contributed by atoms with Gasteiger partial charge in [0.1, 0.15) is 11.2 Å². The zero-order chi connectivity index (χ0) is 16.3. The number of hydrogen-bond acceptors (Lipinski definition) is 4. The Hall–Kier alpha value is -1.52. The fourth-order valence-electron chi connectivity index (χ4n) is 2.00. The van der Waals surface area contributed by atoms with Crippen LogP contribution in [0.25, 0.3) is 0 Å². The van der Waals surface area contributed by atoms with E-state index in [0.29, 0.717) is 13.1 Å². The number of ether oxygens (including phenoxy) is 2. The van der Waals surface area contributed by atoms with E-state index in [-0.39, 0.29) is 12.1 Å². The fraction of sp³-hybridized carbons (Fsp3) is 0.750. The van der Waals surface area contributed by atoms with Crippen molar-refractivity contribution in [1.29, 1.82) is 0 Å². The van der Waals surface area contributed by atoms with Crippen LogP contribution < -0.4 is 0 Å². The molecule has 1 fully saturated rings. The summed E-state index contributed by atoms with van der Waals surface area (Å²) in [6.45, 7) is 12.1. The standard InChI is InChI=1S/C16H27NO4/c1-15(2,3)20-13(18)10-12-8-7-9-17(11-12)14(19)21-16(4,5)6/h10H,7-9,11H2,1-6H3/b12-10+. The number of piperidine rings is 1. The van der Waals surface area contributed by atoms with Crippen molar-refractivity contribution in [2.24, 2.45) is 0 Å². The number of esters is 1. The van der Waals surface area contributed by atoms with Crippen LogP contribution in [0.1, 0.15) is 54.4 Å². The number of nitrogens with zero attached hydrogens (tertiary/aromatic N) is 1.